The van der Waals surface area contributed by atoms with E-state index in [4.69, 9.17) is 0 Å². The smallest absolute Gasteiger partial charge is 0.218 e. The van der Waals surface area contributed by atoms with Crippen LogP contribution in [-0.2, 0) is 15.8 Å². The van der Waals surface area contributed by atoms with E-state index < -0.39 is 10.0 Å². The molecule has 6 nitrogen and oxygen atoms in total. The number of aryl methyl sites for hydroxylation is 1. The van der Waals surface area contributed by atoms with Crippen LogP contribution in [-0.4, -0.2) is 43.9 Å². The third kappa shape index (κ3) is 3.98. The van der Waals surface area contributed by atoms with E-state index in [-0.39, 0.29) is 5.75 Å². The molecule has 1 saturated heterocycles. The number of hydrogen-bond donors (Lipinski definition) is 0. The van der Waals surface area contributed by atoms with E-state index in [1.807, 2.05) is 36.1 Å². The fourth-order valence-corrected chi connectivity index (χ4v) is 4.52. The summed E-state index contributed by atoms with van der Waals surface area (Å²) in [6, 6.07) is 13.2. The number of hydrogen-bond acceptors (Lipinski definition) is 5. The standard InChI is InChI=1S/C18H20N4O2S/c1-15-4-2-5-16(12-15)14-25(23,24)22-10-8-21(9-11-22)18-17(13-19)6-3-7-20-18/h2-7,12H,8-11,14H2,1H3. The number of rotatable bonds is 4. The van der Waals surface area contributed by atoms with Crippen molar-refractivity contribution >= 4 is 15.8 Å². The molecule has 3 rings (SSSR count). The van der Waals surface area contributed by atoms with Gasteiger partial charge in [-0.1, -0.05) is 29.8 Å². The molecule has 0 atom stereocenters. The first-order valence-electron chi connectivity index (χ1n) is 8.13. The molecule has 0 unspecified atom stereocenters. The van der Waals surface area contributed by atoms with Crippen LogP contribution in [0.5, 0.6) is 0 Å². The summed E-state index contributed by atoms with van der Waals surface area (Å²) in [7, 11) is -3.35. The molecule has 1 fully saturated rings. The molecule has 0 aliphatic carbocycles. The van der Waals surface area contributed by atoms with Crippen LogP contribution in [0, 0.1) is 18.3 Å². The molecule has 130 valence electrons. The van der Waals surface area contributed by atoms with Crippen molar-refractivity contribution in [3.63, 3.8) is 0 Å². The van der Waals surface area contributed by atoms with Crippen LogP contribution in [0.15, 0.2) is 42.6 Å². The van der Waals surface area contributed by atoms with Crippen LogP contribution in [0.25, 0.3) is 0 Å². The fourth-order valence-electron chi connectivity index (χ4n) is 3.02. The number of anilines is 1. The first-order valence-corrected chi connectivity index (χ1v) is 9.74. The molecule has 0 N–H and O–H groups in total. The Balaban J connectivity index is 1.68. The van der Waals surface area contributed by atoms with Crippen LogP contribution in [0.2, 0.25) is 0 Å². The lowest BCUT2D eigenvalue weighted by atomic mass is 10.2. The summed E-state index contributed by atoms with van der Waals surface area (Å²) in [5.74, 6) is 0.641. The maximum atomic E-state index is 12.7. The molecular formula is C18H20N4O2S. The zero-order valence-electron chi connectivity index (χ0n) is 14.1. The summed E-state index contributed by atoms with van der Waals surface area (Å²) < 4.78 is 26.9. The van der Waals surface area contributed by atoms with Gasteiger partial charge in [0.05, 0.1) is 11.3 Å². The molecule has 0 amide bonds. The second kappa shape index (κ2) is 7.21. The predicted octanol–water partition coefficient (Wildman–Crippen LogP) is 1.91. The zero-order valence-corrected chi connectivity index (χ0v) is 14.9. The average molecular weight is 356 g/mol. The summed E-state index contributed by atoms with van der Waals surface area (Å²) in [6.45, 7) is 3.80. The minimum atomic E-state index is -3.35. The van der Waals surface area contributed by atoms with Gasteiger partial charge in [-0.25, -0.2) is 13.4 Å². The zero-order chi connectivity index (χ0) is 17.9. The van der Waals surface area contributed by atoms with Crippen molar-refractivity contribution in [2.45, 2.75) is 12.7 Å². The van der Waals surface area contributed by atoms with Crippen LogP contribution in [0.1, 0.15) is 16.7 Å². The van der Waals surface area contributed by atoms with Gasteiger partial charge in [0.25, 0.3) is 0 Å². The monoisotopic (exact) mass is 356 g/mol. The maximum absolute atomic E-state index is 12.7. The van der Waals surface area contributed by atoms with E-state index in [0.29, 0.717) is 37.6 Å². The quantitative estimate of drug-likeness (QED) is 0.836. The van der Waals surface area contributed by atoms with Gasteiger partial charge in [0.15, 0.2) is 0 Å². The van der Waals surface area contributed by atoms with Crippen LogP contribution < -0.4 is 4.90 Å². The lowest BCUT2D eigenvalue weighted by molar-refractivity contribution is 0.383. The van der Waals surface area contributed by atoms with Crippen LogP contribution in [0.4, 0.5) is 5.82 Å². The van der Waals surface area contributed by atoms with Crippen molar-refractivity contribution in [2.75, 3.05) is 31.1 Å². The highest BCUT2D eigenvalue weighted by atomic mass is 32.2. The van der Waals surface area contributed by atoms with Gasteiger partial charge in [0, 0.05) is 32.4 Å². The van der Waals surface area contributed by atoms with E-state index >= 15 is 0 Å². The molecular weight excluding hydrogens is 336 g/mol. The van der Waals surface area contributed by atoms with Crippen molar-refractivity contribution in [1.82, 2.24) is 9.29 Å². The van der Waals surface area contributed by atoms with Gasteiger partial charge in [0.1, 0.15) is 11.9 Å². The molecule has 0 bridgehead atoms. The molecule has 2 aromatic rings. The topological polar surface area (TPSA) is 77.3 Å². The molecule has 7 heteroatoms. The van der Waals surface area contributed by atoms with E-state index in [2.05, 4.69) is 11.1 Å². The van der Waals surface area contributed by atoms with Gasteiger partial charge in [-0.3, -0.25) is 0 Å². The Morgan fingerprint density at radius 1 is 1.16 bits per heavy atom. The molecule has 1 aliphatic rings. The molecule has 0 radical (unpaired) electrons. The number of piperazine rings is 1. The predicted molar refractivity (Wildman–Crippen MR) is 96.5 cm³/mol. The fraction of sp³-hybridized carbons (Fsp3) is 0.333. The first kappa shape index (κ1) is 17.4. The SMILES string of the molecule is Cc1cccc(CS(=O)(=O)N2CCN(c3ncccc3C#N)CC2)c1. The second-order valence-corrected chi connectivity index (χ2v) is 8.09. The number of aromatic nitrogens is 1. The maximum Gasteiger partial charge on any atom is 0.218 e. The van der Waals surface area contributed by atoms with E-state index in [9.17, 15) is 13.7 Å². The molecule has 2 heterocycles. The Bertz CT molecular complexity index is 897. The Labute approximate surface area is 148 Å². The minimum Gasteiger partial charge on any atom is -0.353 e. The normalized spacial score (nSPS) is 15.8. The van der Waals surface area contributed by atoms with Crippen LogP contribution >= 0.6 is 0 Å². The summed E-state index contributed by atoms with van der Waals surface area (Å²) in [6.07, 6.45) is 1.65. The number of nitrogens with zero attached hydrogens (tertiary/aromatic N) is 4. The largest absolute Gasteiger partial charge is 0.353 e. The molecule has 25 heavy (non-hydrogen) atoms. The van der Waals surface area contributed by atoms with Gasteiger partial charge in [-0.15, -0.1) is 0 Å². The number of pyridine rings is 1. The molecule has 0 spiro atoms. The number of sulfonamides is 1. The average Bonchev–Trinajstić information content (AvgIpc) is 2.61. The van der Waals surface area contributed by atoms with Gasteiger partial charge in [-0.2, -0.15) is 9.57 Å². The Morgan fingerprint density at radius 2 is 1.92 bits per heavy atom. The minimum absolute atomic E-state index is 0.0156. The van der Waals surface area contributed by atoms with Gasteiger partial charge in [-0.05, 0) is 24.6 Å². The second-order valence-electron chi connectivity index (χ2n) is 6.12. The number of nitriles is 1. The van der Waals surface area contributed by atoms with Gasteiger partial charge < -0.3 is 4.90 Å². The van der Waals surface area contributed by atoms with Crippen molar-refractivity contribution < 1.29 is 8.42 Å². The summed E-state index contributed by atoms with van der Waals surface area (Å²) >= 11 is 0. The third-order valence-electron chi connectivity index (χ3n) is 4.27. The number of benzene rings is 1. The summed E-state index contributed by atoms with van der Waals surface area (Å²) in [5, 5.41) is 9.19. The van der Waals surface area contributed by atoms with Gasteiger partial charge >= 0.3 is 0 Å². The van der Waals surface area contributed by atoms with E-state index in [0.717, 1.165) is 11.1 Å². The van der Waals surface area contributed by atoms with Crippen molar-refractivity contribution in [3.05, 3.63) is 59.3 Å². The summed E-state index contributed by atoms with van der Waals surface area (Å²) in [5.41, 5.74) is 2.37. The van der Waals surface area contributed by atoms with E-state index in [1.165, 1.54) is 4.31 Å². The van der Waals surface area contributed by atoms with Crippen molar-refractivity contribution in [1.29, 1.82) is 5.26 Å². The van der Waals surface area contributed by atoms with Gasteiger partial charge in [0.2, 0.25) is 10.0 Å². The highest BCUT2D eigenvalue weighted by molar-refractivity contribution is 7.88. The van der Waals surface area contributed by atoms with Crippen molar-refractivity contribution in [2.24, 2.45) is 0 Å². The molecule has 0 saturated carbocycles. The summed E-state index contributed by atoms with van der Waals surface area (Å²) in [4.78, 5) is 6.24. The Morgan fingerprint density at radius 3 is 2.60 bits per heavy atom. The Hall–Kier alpha value is -2.43. The van der Waals surface area contributed by atoms with E-state index in [1.54, 1.807) is 18.3 Å². The highest BCUT2D eigenvalue weighted by Gasteiger charge is 2.28. The molecule has 1 aromatic heterocycles. The highest BCUT2D eigenvalue weighted by Crippen LogP contribution is 2.20. The first-order chi connectivity index (χ1) is 12.0. The Kier molecular flexibility index (Phi) is 5.02. The molecule has 1 aromatic carbocycles. The van der Waals surface area contributed by atoms with Crippen LogP contribution in [0.3, 0.4) is 0 Å². The van der Waals surface area contributed by atoms with Crippen molar-refractivity contribution in [3.8, 4) is 6.07 Å². The third-order valence-corrected chi connectivity index (χ3v) is 6.12. The lowest BCUT2D eigenvalue weighted by Crippen LogP contribution is -2.49. The molecule has 1 aliphatic heterocycles. The lowest BCUT2D eigenvalue weighted by Gasteiger charge is -2.35.